The van der Waals surface area contributed by atoms with Crippen molar-refractivity contribution in [2.24, 2.45) is 0 Å². The summed E-state index contributed by atoms with van der Waals surface area (Å²) in [4.78, 5) is 0. The van der Waals surface area contributed by atoms with Crippen molar-refractivity contribution in [2.45, 2.75) is 38.0 Å². The number of nitrogens with one attached hydrogen (secondary N) is 3. The lowest BCUT2D eigenvalue weighted by molar-refractivity contribution is -0.136. The van der Waals surface area contributed by atoms with E-state index in [9.17, 15) is 13.2 Å². The average molecular weight is 361 g/mol. The second-order valence-electron chi connectivity index (χ2n) is 7.18. The number of hydrogen-bond donors (Lipinski definition) is 3. The Kier molecular flexibility index (Phi) is 4.31. The van der Waals surface area contributed by atoms with Gasteiger partial charge in [-0.25, -0.2) is 0 Å². The summed E-state index contributed by atoms with van der Waals surface area (Å²) in [6.07, 6.45) is -3.54. The van der Waals surface area contributed by atoms with Crippen molar-refractivity contribution in [3.8, 4) is 0 Å². The van der Waals surface area contributed by atoms with Crippen molar-refractivity contribution in [2.75, 3.05) is 23.7 Å². The molecule has 0 saturated carbocycles. The quantitative estimate of drug-likeness (QED) is 0.754. The SMILES string of the molecule is Cc1cccc(CNc2cc3c(c(C(F)(F)F)c2)N[C@@H]2CCNC[C@H]32)c1. The van der Waals surface area contributed by atoms with Gasteiger partial charge >= 0.3 is 6.18 Å². The fourth-order valence-corrected chi connectivity index (χ4v) is 4.01. The van der Waals surface area contributed by atoms with Crippen molar-refractivity contribution < 1.29 is 13.2 Å². The van der Waals surface area contributed by atoms with E-state index in [0.717, 1.165) is 29.7 Å². The molecule has 6 heteroatoms. The van der Waals surface area contributed by atoms with Crippen molar-refractivity contribution in [3.05, 3.63) is 58.7 Å². The van der Waals surface area contributed by atoms with E-state index < -0.39 is 11.7 Å². The van der Waals surface area contributed by atoms with E-state index in [-0.39, 0.29) is 17.6 Å². The van der Waals surface area contributed by atoms with E-state index in [0.29, 0.717) is 18.8 Å². The summed E-state index contributed by atoms with van der Waals surface area (Å²) in [5.41, 5.74) is 3.16. The van der Waals surface area contributed by atoms with Crippen LogP contribution in [0, 0.1) is 6.92 Å². The van der Waals surface area contributed by atoms with Crippen LogP contribution in [-0.2, 0) is 12.7 Å². The third-order valence-corrected chi connectivity index (χ3v) is 5.26. The predicted molar refractivity (Wildman–Crippen MR) is 97.6 cm³/mol. The molecule has 4 rings (SSSR count). The largest absolute Gasteiger partial charge is 0.418 e. The van der Waals surface area contributed by atoms with Gasteiger partial charge in [-0.2, -0.15) is 13.2 Å². The monoisotopic (exact) mass is 361 g/mol. The highest BCUT2D eigenvalue weighted by Gasteiger charge is 2.42. The van der Waals surface area contributed by atoms with Crippen LogP contribution in [0.1, 0.15) is 34.6 Å². The molecular formula is C20H22F3N3. The van der Waals surface area contributed by atoms with Gasteiger partial charge in [0.2, 0.25) is 0 Å². The van der Waals surface area contributed by atoms with Gasteiger partial charge in [0.15, 0.2) is 0 Å². The molecule has 0 aromatic heterocycles. The molecule has 1 saturated heterocycles. The van der Waals surface area contributed by atoms with Gasteiger partial charge in [0.1, 0.15) is 0 Å². The summed E-state index contributed by atoms with van der Waals surface area (Å²) < 4.78 is 40.9. The Labute approximate surface area is 151 Å². The van der Waals surface area contributed by atoms with Crippen LogP contribution < -0.4 is 16.0 Å². The standard InChI is InChI=1S/C20H22F3N3/c1-12-3-2-4-13(7-12)10-25-14-8-15-16-11-24-6-5-18(16)26-19(15)17(9-14)20(21,22)23/h2-4,7-9,16,18,24-26H,5-6,10-11H2,1H3/t16-,18-/m1/s1. The molecule has 0 unspecified atom stereocenters. The number of alkyl halides is 3. The van der Waals surface area contributed by atoms with Gasteiger partial charge in [-0.3, -0.25) is 0 Å². The van der Waals surface area contributed by atoms with E-state index in [2.05, 4.69) is 16.0 Å². The first-order valence-corrected chi connectivity index (χ1v) is 8.93. The van der Waals surface area contributed by atoms with Crippen molar-refractivity contribution in [3.63, 3.8) is 0 Å². The van der Waals surface area contributed by atoms with Gasteiger partial charge in [0, 0.05) is 30.7 Å². The number of aryl methyl sites for hydroxylation is 1. The third kappa shape index (κ3) is 3.26. The van der Waals surface area contributed by atoms with Gasteiger partial charge < -0.3 is 16.0 Å². The topological polar surface area (TPSA) is 36.1 Å². The number of anilines is 2. The summed E-state index contributed by atoms with van der Waals surface area (Å²) in [6.45, 7) is 4.05. The molecule has 0 spiro atoms. The molecule has 0 radical (unpaired) electrons. The third-order valence-electron chi connectivity index (χ3n) is 5.26. The Hall–Kier alpha value is -2.21. The van der Waals surface area contributed by atoms with Gasteiger partial charge in [0.25, 0.3) is 0 Å². The minimum Gasteiger partial charge on any atom is -0.381 e. The number of benzene rings is 2. The molecule has 0 aliphatic carbocycles. The molecule has 3 nitrogen and oxygen atoms in total. The molecule has 2 heterocycles. The second kappa shape index (κ2) is 6.50. The Morgan fingerprint density at radius 2 is 2.04 bits per heavy atom. The molecule has 0 amide bonds. The van der Waals surface area contributed by atoms with Crippen molar-refractivity contribution in [1.82, 2.24) is 5.32 Å². The zero-order valence-corrected chi connectivity index (χ0v) is 14.6. The highest BCUT2D eigenvalue weighted by Crippen LogP contribution is 2.47. The molecular weight excluding hydrogens is 339 g/mol. The van der Waals surface area contributed by atoms with Gasteiger partial charge in [-0.15, -0.1) is 0 Å². The summed E-state index contributed by atoms with van der Waals surface area (Å²) in [7, 11) is 0. The highest BCUT2D eigenvalue weighted by atomic mass is 19.4. The van der Waals surface area contributed by atoms with E-state index in [1.54, 1.807) is 0 Å². The molecule has 138 valence electrons. The van der Waals surface area contributed by atoms with E-state index in [4.69, 9.17) is 0 Å². The lowest BCUT2D eigenvalue weighted by atomic mass is 9.89. The van der Waals surface area contributed by atoms with Crippen LogP contribution in [0.25, 0.3) is 0 Å². The van der Waals surface area contributed by atoms with Crippen LogP contribution in [0.2, 0.25) is 0 Å². The average Bonchev–Trinajstić information content (AvgIpc) is 2.97. The molecule has 26 heavy (non-hydrogen) atoms. The van der Waals surface area contributed by atoms with E-state index in [1.165, 1.54) is 6.07 Å². The second-order valence-corrected chi connectivity index (χ2v) is 7.18. The maximum Gasteiger partial charge on any atom is 0.418 e. The smallest absolute Gasteiger partial charge is 0.381 e. The molecule has 0 bridgehead atoms. The summed E-state index contributed by atoms with van der Waals surface area (Å²) >= 11 is 0. The normalized spacial score (nSPS) is 21.7. The molecule has 1 fully saturated rings. The fraction of sp³-hybridized carbons (Fsp3) is 0.400. The highest BCUT2D eigenvalue weighted by molar-refractivity contribution is 5.71. The van der Waals surface area contributed by atoms with Crippen LogP contribution in [0.4, 0.5) is 24.5 Å². The lowest BCUT2D eigenvalue weighted by Gasteiger charge is -2.26. The van der Waals surface area contributed by atoms with Gasteiger partial charge in [0.05, 0.1) is 11.3 Å². The predicted octanol–water partition coefficient (Wildman–Crippen LogP) is 4.50. The molecule has 3 N–H and O–H groups in total. The molecule has 2 aromatic rings. The number of fused-ring (bicyclic) bond motifs is 3. The zero-order chi connectivity index (χ0) is 18.3. The van der Waals surface area contributed by atoms with Crippen molar-refractivity contribution in [1.29, 1.82) is 0 Å². The number of halogens is 3. The van der Waals surface area contributed by atoms with E-state index in [1.807, 2.05) is 37.3 Å². The summed E-state index contributed by atoms with van der Waals surface area (Å²) in [5.74, 6) is 0.0839. The Morgan fingerprint density at radius 3 is 2.81 bits per heavy atom. The fourth-order valence-electron chi connectivity index (χ4n) is 4.01. The van der Waals surface area contributed by atoms with E-state index >= 15 is 0 Å². The van der Waals surface area contributed by atoms with Crippen LogP contribution in [-0.4, -0.2) is 19.1 Å². The first-order chi connectivity index (χ1) is 12.4. The maximum absolute atomic E-state index is 13.6. The molecule has 2 aliphatic rings. The van der Waals surface area contributed by atoms with Crippen LogP contribution in [0.3, 0.4) is 0 Å². The zero-order valence-electron chi connectivity index (χ0n) is 14.6. The molecule has 2 aromatic carbocycles. The minimum absolute atomic E-state index is 0.0828. The van der Waals surface area contributed by atoms with Gasteiger partial charge in [-0.05, 0) is 43.1 Å². The number of hydrogen-bond acceptors (Lipinski definition) is 3. The molecule has 2 atom stereocenters. The summed E-state index contributed by atoms with van der Waals surface area (Å²) in [5, 5.41) is 9.61. The van der Waals surface area contributed by atoms with Crippen LogP contribution in [0.5, 0.6) is 0 Å². The maximum atomic E-state index is 13.6. The first-order valence-electron chi connectivity index (χ1n) is 8.93. The Morgan fingerprint density at radius 1 is 1.19 bits per heavy atom. The van der Waals surface area contributed by atoms with Crippen LogP contribution in [0.15, 0.2) is 36.4 Å². The van der Waals surface area contributed by atoms with Crippen molar-refractivity contribution >= 4 is 11.4 Å². The van der Waals surface area contributed by atoms with Gasteiger partial charge in [-0.1, -0.05) is 29.8 Å². The van der Waals surface area contributed by atoms with Crippen LogP contribution >= 0.6 is 0 Å². The Bertz CT molecular complexity index is 816. The minimum atomic E-state index is -4.38. The number of rotatable bonds is 3. The Balaban J connectivity index is 1.66. The number of piperidine rings is 1. The first kappa shape index (κ1) is 17.2. The summed E-state index contributed by atoms with van der Waals surface area (Å²) in [6, 6.07) is 11.2. The molecule has 2 aliphatic heterocycles. The lowest BCUT2D eigenvalue weighted by Crippen LogP contribution is -2.38.